The highest BCUT2D eigenvalue weighted by molar-refractivity contribution is 6.30. The molecule has 1 aromatic carbocycles. The first-order valence-corrected chi connectivity index (χ1v) is 6.79. The summed E-state index contributed by atoms with van der Waals surface area (Å²) < 4.78 is 0. The smallest absolute Gasteiger partial charge is 0.234 e. The number of halogens is 1. The van der Waals surface area contributed by atoms with E-state index < -0.39 is 5.91 Å². The van der Waals surface area contributed by atoms with Gasteiger partial charge < -0.3 is 11.1 Å². The van der Waals surface area contributed by atoms with Gasteiger partial charge in [0.1, 0.15) is 0 Å². The highest BCUT2D eigenvalue weighted by atomic mass is 35.5. The van der Waals surface area contributed by atoms with E-state index in [1.165, 1.54) is 0 Å². The Morgan fingerprint density at radius 3 is 2.35 bits per heavy atom. The SMILES string of the molecule is CC(C)N(CC(N)=O)CC(=O)NCc1ccc(Cl)cc1. The number of primary amides is 1. The van der Waals surface area contributed by atoms with E-state index in [1.807, 2.05) is 26.0 Å². The molecule has 0 saturated heterocycles. The number of amides is 2. The minimum Gasteiger partial charge on any atom is -0.369 e. The highest BCUT2D eigenvalue weighted by Gasteiger charge is 2.15. The lowest BCUT2D eigenvalue weighted by Gasteiger charge is -2.24. The van der Waals surface area contributed by atoms with Gasteiger partial charge in [-0.3, -0.25) is 14.5 Å². The molecule has 0 aliphatic carbocycles. The van der Waals surface area contributed by atoms with Crippen molar-refractivity contribution in [2.75, 3.05) is 13.1 Å². The van der Waals surface area contributed by atoms with Crippen LogP contribution in [0.15, 0.2) is 24.3 Å². The molecule has 0 saturated carbocycles. The molecule has 0 aromatic heterocycles. The fourth-order valence-electron chi connectivity index (χ4n) is 1.66. The third kappa shape index (κ3) is 6.04. The summed E-state index contributed by atoms with van der Waals surface area (Å²) >= 11 is 5.79. The van der Waals surface area contributed by atoms with Gasteiger partial charge in [-0.25, -0.2) is 0 Å². The van der Waals surface area contributed by atoms with Crippen LogP contribution in [0.1, 0.15) is 19.4 Å². The van der Waals surface area contributed by atoms with Gasteiger partial charge in [0.05, 0.1) is 13.1 Å². The molecule has 0 radical (unpaired) electrons. The first-order chi connectivity index (χ1) is 9.38. The normalized spacial score (nSPS) is 10.8. The van der Waals surface area contributed by atoms with E-state index in [2.05, 4.69) is 5.32 Å². The van der Waals surface area contributed by atoms with Gasteiger partial charge in [-0.2, -0.15) is 0 Å². The Kier molecular flexibility index (Phi) is 6.48. The van der Waals surface area contributed by atoms with Crippen molar-refractivity contribution in [3.8, 4) is 0 Å². The Bertz CT molecular complexity index is 460. The van der Waals surface area contributed by atoms with E-state index >= 15 is 0 Å². The average Bonchev–Trinajstić information content (AvgIpc) is 2.36. The number of nitrogens with one attached hydrogen (secondary N) is 1. The standard InChI is InChI=1S/C14H20ClN3O2/c1-10(2)18(8-13(16)19)9-14(20)17-7-11-3-5-12(15)6-4-11/h3-6,10H,7-9H2,1-2H3,(H2,16,19)(H,17,20). The number of nitrogens with two attached hydrogens (primary N) is 1. The molecule has 1 rings (SSSR count). The predicted molar refractivity (Wildman–Crippen MR) is 79.2 cm³/mol. The fourth-order valence-corrected chi connectivity index (χ4v) is 1.79. The molecule has 20 heavy (non-hydrogen) atoms. The van der Waals surface area contributed by atoms with Crippen molar-refractivity contribution in [3.05, 3.63) is 34.9 Å². The molecular weight excluding hydrogens is 278 g/mol. The maximum atomic E-state index is 11.8. The van der Waals surface area contributed by atoms with Gasteiger partial charge in [0.15, 0.2) is 0 Å². The van der Waals surface area contributed by atoms with E-state index in [1.54, 1.807) is 17.0 Å². The van der Waals surface area contributed by atoms with Crippen LogP contribution in [0.25, 0.3) is 0 Å². The number of hydrogen-bond donors (Lipinski definition) is 2. The van der Waals surface area contributed by atoms with Crippen LogP contribution < -0.4 is 11.1 Å². The molecule has 110 valence electrons. The lowest BCUT2D eigenvalue weighted by atomic mass is 10.2. The number of hydrogen-bond acceptors (Lipinski definition) is 3. The highest BCUT2D eigenvalue weighted by Crippen LogP contribution is 2.09. The lowest BCUT2D eigenvalue weighted by molar-refractivity contribution is -0.124. The molecule has 0 aliphatic rings. The van der Waals surface area contributed by atoms with Crippen molar-refractivity contribution in [1.82, 2.24) is 10.2 Å². The van der Waals surface area contributed by atoms with Crippen LogP contribution in [0.2, 0.25) is 5.02 Å². The Labute approximate surface area is 124 Å². The summed E-state index contributed by atoms with van der Waals surface area (Å²) in [6, 6.07) is 7.33. The van der Waals surface area contributed by atoms with E-state index in [0.29, 0.717) is 11.6 Å². The lowest BCUT2D eigenvalue weighted by Crippen LogP contribution is -2.44. The van der Waals surface area contributed by atoms with Crippen LogP contribution in [-0.2, 0) is 16.1 Å². The predicted octanol–water partition coefficient (Wildman–Crippen LogP) is 1.15. The summed E-state index contributed by atoms with van der Waals surface area (Å²) in [5.74, 6) is -0.584. The summed E-state index contributed by atoms with van der Waals surface area (Å²) in [6.45, 7) is 4.48. The summed E-state index contributed by atoms with van der Waals surface area (Å²) in [6.07, 6.45) is 0. The van der Waals surface area contributed by atoms with Gasteiger partial charge in [-0.05, 0) is 31.5 Å². The summed E-state index contributed by atoms with van der Waals surface area (Å²) in [5, 5.41) is 3.46. The van der Waals surface area contributed by atoms with Crippen LogP contribution in [0, 0.1) is 0 Å². The van der Waals surface area contributed by atoms with Gasteiger partial charge in [0.2, 0.25) is 11.8 Å². The molecule has 0 unspecified atom stereocenters. The average molecular weight is 298 g/mol. The molecule has 0 aliphatic heterocycles. The first-order valence-electron chi connectivity index (χ1n) is 6.42. The molecule has 5 nitrogen and oxygen atoms in total. The quantitative estimate of drug-likeness (QED) is 0.793. The molecule has 0 spiro atoms. The zero-order chi connectivity index (χ0) is 15.1. The van der Waals surface area contributed by atoms with Crippen molar-refractivity contribution in [2.24, 2.45) is 5.73 Å². The van der Waals surface area contributed by atoms with Crippen molar-refractivity contribution in [2.45, 2.75) is 26.4 Å². The largest absolute Gasteiger partial charge is 0.369 e. The van der Waals surface area contributed by atoms with Crippen LogP contribution in [0.5, 0.6) is 0 Å². The third-order valence-electron chi connectivity index (χ3n) is 2.84. The molecule has 1 aromatic rings. The minimum atomic E-state index is -0.441. The number of carbonyl (C=O) groups is 2. The molecule has 2 amide bonds. The second-order valence-electron chi connectivity index (χ2n) is 4.87. The summed E-state index contributed by atoms with van der Waals surface area (Å²) in [5.41, 5.74) is 6.13. The Balaban J connectivity index is 2.45. The molecule has 0 bridgehead atoms. The molecule has 0 fully saturated rings. The zero-order valence-corrected chi connectivity index (χ0v) is 12.5. The van der Waals surface area contributed by atoms with Crippen LogP contribution >= 0.6 is 11.6 Å². The van der Waals surface area contributed by atoms with Gasteiger partial charge in [-0.1, -0.05) is 23.7 Å². The summed E-state index contributed by atoms with van der Waals surface area (Å²) in [7, 11) is 0. The van der Waals surface area contributed by atoms with Crippen molar-refractivity contribution in [3.63, 3.8) is 0 Å². The maximum absolute atomic E-state index is 11.8. The van der Waals surface area contributed by atoms with E-state index in [-0.39, 0.29) is 25.0 Å². The Morgan fingerprint density at radius 2 is 1.85 bits per heavy atom. The third-order valence-corrected chi connectivity index (χ3v) is 3.09. The van der Waals surface area contributed by atoms with E-state index in [0.717, 1.165) is 5.56 Å². The molecule has 0 atom stereocenters. The number of rotatable bonds is 7. The first kappa shape index (κ1) is 16.5. The number of carbonyl (C=O) groups excluding carboxylic acids is 2. The zero-order valence-electron chi connectivity index (χ0n) is 11.7. The maximum Gasteiger partial charge on any atom is 0.234 e. The van der Waals surface area contributed by atoms with E-state index in [4.69, 9.17) is 17.3 Å². The van der Waals surface area contributed by atoms with Gasteiger partial charge in [0.25, 0.3) is 0 Å². The van der Waals surface area contributed by atoms with Crippen molar-refractivity contribution >= 4 is 23.4 Å². The van der Waals surface area contributed by atoms with Crippen molar-refractivity contribution < 1.29 is 9.59 Å². The molecule has 6 heteroatoms. The summed E-state index contributed by atoms with van der Waals surface area (Å²) in [4.78, 5) is 24.5. The topological polar surface area (TPSA) is 75.4 Å². The van der Waals surface area contributed by atoms with Gasteiger partial charge in [-0.15, -0.1) is 0 Å². The van der Waals surface area contributed by atoms with Crippen LogP contribution in [-0.4, -0.2) is 35.8 Å². The van der Waals surface area contributed by atoms with Gasteiger partial charge >= 0.3 is 0 Å². The van der Waals surface area contributed by atoms with Crippen LogP contribution in [0.4, 0.5) is 0 Å². The van der Waals surface area contributed by atoms with Gasteiger partial charge in [0, 0.05) is 17.6 Å². The monoisotopic (exact) mass is 297 g/mol. The Morgan fingerprint density at radius 1 is 1.25 bits per heavy atom. The van der Waals surface area contributed by atoms with E-state index in [9.17, 15) is 9.59 Å². The van der Waals surface area contributed by atoms with Crippen LogP contribution in [0.3, 0.4) is 0 Å². The number of benzene rings is 1. The fraction of sp³-hybridized carbons (Fsp3) is 0.429. The molecular formula is C14H20ClN3O2. The number of nitrogens with zero attached hydrogens (tertiary/aromatic N) is 1. The Hall–Kier alpha value is -1.59. The second-order valence-corrected chi connectivity index (χ2v) is 5.30. The molecule has 3 N–H and O–H groups in total. The minimum absolute atomic E-state index is 0.0729. The van der Waals surface area contributed by atoms with Crippen molar-refractivity contribution in [1.29, 1.82) is 0 Å². The second kappa shape index (κ2) is 7.87. The molecule has 0 heterocycles.